The van der Waals surface area contributed by atoms with E-state index in [0.29, 0.717) is 33.1 Å². The fourth-order valence-electron chi connectivity index (χ4n) is 8.71. The van der Waals surface area contributed by atoms with Gasteiger partial charge in [0.15, 0.2) is 5.78 Å². The van der Waals surface area contributed by atoms with E-state index in [9.17, 15) is 29.1 Å². The lowest BCUT2D eigenvalue weighted by Gasteiger charge is -2.49. The molecule has 0 radical (unpaired) electrons. The summed E-state index contributed by atoms with van der Waals surface area (Å²) in [6, 6.07) is 28.7. The number of ketones is 1. The van der Waals surface area contributed by atoms with Gasteiger partial charge in [-0.05, 0) is 80.3 Å². The van der Waals surface area contributed by atoms with Crippen LogP contribution in [0.2, 0.25) is 5.02 Å². The van der Waals surface area contributed by atoms with E-state index in [4.69, 9.17) is 11.6 Å². The Balaban J connectivity index is 1.19. The number of hydrogen-bond acceptors (Lipinski definition) is 6. The van der Waals surface area contributed by atoms with Crippen LogP contribution in [0.1, 0.15) is 47.2 Å². The maximum Gasteiger partial charge on any atom is 0.241 e. The number of anilines is 2. The van der Waals surface area contributed by atoms with E-state index in [0.717, 1.165) is 5.57 Å². The van der Waals surface area contributed by atoms with Crippen molar-refractivity contribution >= 4 is 52.4 Å². The van der Waals surface area contributed by atoms with Gasteiger partial charge in [0.1, 0.15) is 5.75 Å². The van der Waals surface area contributed by atoms with Crippen LogP contribution in [0.5, 0.6) is 5.75 Å². The number of aromatic hydroxyl groups is 1. The number of hydrogen-bond donors (Lipinski definition) is 1. The zero-order valence-corrected chi connectivity index (χ0v) is 27.2. The van der Waals surface area contributed by atoms with Crippen LogP contribution >= 0.6 is 11.6 Å². The van der Waals surface area contributed by atoms with Gasteiger partial charge in [0.2, 0.25) is 23.6 Å². The summed E-state index contributed by atoms with van der Waals surface area (Å²) in [5.41, 5.74) is 1.63. The number of rotatable bonds is 5. The molecule has 244 valence electrons. The normalized spacial score (nSPS) is 27.5. The van der Waals surface area contributed by atoms with Crippen molar-refractivity contribution in [3.63, 3.8) is 0 Å². The van der Waals surface area contributed by atoms with E-state index in [1.165, 1.54) is 15.9 Å². The quantitative estimate of drug-likeness (QED) is 0.144. The van der Waals surface area contributed by atoms with E-state index in [-0.39, 0.29) is 48.0 Å². The number of allylic oxidation sites excluding steroid dienone is 2. The van der Waals surface area contributed by atoms with Crippen LogP contribution in [-0.2, 0) is 19.2 Å². The third kappa shape index (κ3) is 4.54. The minimum Gasteiger partial charge on any atom is -0.508 e. The number of benzene rings is 4. The molecular weight excluding hydrogens is 640 g/mol. The van der Waals surface area contributed by atoms with Gasteiger partial charge in [-0.1, -0.05) is 71.8 Å². The first-order chi connectivity index (χ1) is 23.6. The molecule has 2 aliphatic heterocycles. The summed E-state index contributed by atoms with van der Waals surface area (Å²) in [5.74, 6) is -5.34. The number of carbonyl (C=O) groups is 5. The zero-order chi connectivity index (χ0) is 34.2. The second-order valence-corrected chi connectivity index (χ2v) is 13.9. The summed E-state index contributed by atoms with van der Waals surface area (Å²) in [4.78, 5) is 72.6. The number of halogens is 1. The van der Waals surface area contributed by atoms with Crippen LogP contribution in [-0.4, -0.2) is 34.5 Å². The Morgan fingerprint density at radius 2 is 1.39 bits per heavy atom. The first-order valence-corrected chi connectivity index (χ1v) is 16.7. The van der Waals surface area contributed by atoms with Crippen LogP contribution < -0.4 is 9.80 Å². The first kappa shape index (κ1) is 31.0. The smallest absolute Gasteiger partial charge is 0.241 e. The topological polar surface area (TPSA) is 112 Å². The van der Waals surface area contributed by atoms with Crippen molar-refractivity contribution < 1.29 is 29.1 Å². The van der Waals surface area contributed by atoms with Gasteiger partial charge >= 0.3 is 0 Å². The molecule has 1 saturated carbocycles. The molecule has 8 rings (SSSR count). The zero-order valence-electron chi connectivity index (χ0n) is 26.5. The summed E-state index contributed by atoms with van der Waals surface area (Å²) >= 11 is 6.45. The van der Waals surface area contributed by atoms with E-state index in [1.807, 2.05) is 12.1 Å². The van der Waals surface area contributed by atoms with Crippen molar-refractivity contribution in [2.24, 2.45) is 29.1 Å². The highest BCUT2D eigenvalue weighted by molar-refractivity contribution is 6.30. The maximum absolute atomic E-state index is 14.5. The number of phenolic OH excluding ortho intramolecular Hbond substituents is 1. The Hall–Kier alpha value is -5.34. The highest BCUT2D eigenvalue weighted by Gasteiger charge is 2.68. The van der Waals surface area contributed by atoms with Crippen LogP contribution in [0.25, 0.3) is 0 Å². The highest BCUT2D eigenvalue weighted by Crippen LogP contribution is 2.64. The van der Waals surface area contributed by atoms with Gasteiger partial charge in [-0.3, -0.25) is 28.9 Å². The summed E-state index contributed by atoms with van der Waals surface area (Å²) in [7, 11) is 0. The lowest BCUT2D eigenvalue weighted by molar-refractivity contribution is -0.131. The van der Waals surface area contributed by atoms with E-state index < -0.39 is 35.0 Å². The summed E-state index contributed by atoms with van der Waals surface area (Å²) in [5, 5.41) is 11.6. The Morgan fingerprint density at radius 3 is 2.08 bits per heavy atom. The van der Waals surface area contributed by atoms with Crippen molar-refractivity contribution in [3.8, 4) is 5.75 Å². The average molecular weight is 671 g/mol. The molecule has 4 aromatic rings. The molecule has 4 aliphatic rings. The van der Waals surface area contributed by atoms with Crippen LogP contribution in [0, 0.1) is 29.1 Å². The van der Waals surface area contributed by atoms with Crippen LogP contribution in [0.3, 0.4) is 0 Å². The number of para-hydroxylation sites is 1. The molecule has 9 heteroatoms. The van der Waals surface area contributed by atoms with Gasteiger partial charge in [0.25, 0.3) is 0 Å². The third-order valence-electron chi connectivity index (χ3n) is 11.0. The average Bonchev–Trinajstić information content (AvgIpc) is 3.49. The van der Waals surface area contributed by atoms with E-state index in [2.05, 4.69) is 0 Å². The minimum absolute atomic E-state index is 0.0722. The van der Waals surface area contributed by atoms with Gasteiger partial charge < -0.3 is 5.11 Å². The number of nitrogens with zero attached hydrogens (tertiary/aromatic N) is 2. The molecule has 2 heterocycles. The van der Waals surface area contributed by atoms with Crippen molar-refractivity contribution in [1.82, 2.24) is 0 Å². The molecule has 6 atom stereocenters. The Labute approximate surface area is 287 Å². The highest BCUT2D eigenvalue weighted by atomic mass is 35.5. The van der Waals surface area contributed by atoms with Gasteiger partial charge in [-0.25, -0.2) is 4.90 Å². The molecular formula is C40H31ClN2O6. The maximum atomic E-state index is 14.5. The molecule has 4 aromatic carbocycles. The molecule has 1 N–H and O–H groups in total. The fraction of sp³-hybridized carbons (Fsp3) is 0.225. The van der Waals surface area contributed by atoms with Crippen LogP contribution in [0.15, 0.2) is 115 Å². The first-order valence-electron chi connectivity index (χ1n) is 16.3. The molecule has 2 saturated heterocycles. The van der Waals surface area contributed by atoms with Gasteiger partial charge in [-0.2, -0.15) is 0 Å². The van der Waals surface area contributed by atoms with E-state index in [1.54, 1.807) is 97.9 Å². The van der Waals surface area contributed by atoms with Gasteiger partial charge in [0, 0.05) is 27.6 Å². The van der Waals surface area contributed by atoms with Crippen molar-refractivity contribution in [1.29, 1.82) is 0 Å². The largest absolute Gasteiger partial charge is 0.508 e. The SMILES string of the molecule is CC12C(=O)N(c3ccccc3)C(=O)C1CC1C(=CCC3C(=O)N(c4ccc(C(=O)c5ccccc5)cc4)C(=O)C31)C2c1cc(Cl)ccc1O. The molecule has 49 heavy (non-hydrogen) atoms. The second-order valence-electron chi connectivity index (χ2n) is 13.5. The van der Waals surface area contributed by atoms with Gasteiger partial charge in [0.05, 0.1) is 34.5 Å². The molecule has 2 aliphatic carbocycles. The lowest BCUT2D eigenvalue weighted by atomic mass is 9.51. The molecule has 0 spiro atoms. The molecule has 4 amide bonds. The minimum atomic E-state index is -1.29. The number of phenols is 1. The standard InChI is InChI=1S/C40H31ClN2O6/c1-40-31(37(47)43(39(40)49)25-10-6-3-7-11-25)21-29-27(34(40)30-20-24(41)14-19-32(30)44)17-18-28-33(29)38(48)42(36(28)46)26-15-12-23(13-16-26)35(45)22-8-4-2-5-9-22/h2-17,19-20,28-29,31,33-34,44H,18,21H2,1H3. The summed E-state index contributed by atoms with van der Waals surface area (Å²) < 4.78 is 0. The molecule has 6 unspecified atom stereocenters. The lowest BCUT2D eigenvalue weighted by Crippen LogP contribution is -2.48. The molecule has 3 fully saturated rings. The summed E-state index contributed by atoms with van der Waals surface area (Å²) in [6.45, 7) is 1.77. The van der Waals surface area contributed by atoms with Crippen molar-refractivity contribution in [3.05, 3.63) is 136 Å². The Morgan fingerprint density at radius 1 is 0.755 bits per heavy atom. The number of imide groups is 2. The van der Waals surface area contributed by atoms with Gasteiger partial charge in [-0.15, -0.1) is 0 Å². The number of amides is 4. The van der Waals surface area contributed by atoms with E-state index >= 15 is 0 Å². The van der Waals surface area contributed by atoms with Crippen molar-refractivity contribution in [2.75, 3.05) is 9.80 Å². The molecule has 0 bridgehead atoms. The van der Waals surface area contributed by atoms with Crippen LogP contribution in [0.4, 0.5) is 11.4 Å². The monoisotopic (exact) mass is 670 g/mol. The predicted molar refractivity (Wildman–Crippen MR) is 183 cm³/mol. The Kier molecular flexibility index (Phi) is 7.19. The third-order valence-corrected chi connectivity index (χ3v) is 11.2. The molecule has 8 nitrogen and oxygen atoms in total. The molecule has 0 aromatic heterocycles. The number of carbonyl (C=O) groups excluding carboxylic acids is 5. The fourth-order valence-corrected chi connectivity index (χ4v) is 8.89. The number of fused-ring (bicyclic) bond motifs is 4. The predicted octanol–water partition coefficient (Wildman–Crippen LogP) is 6.71. The Bertz CT molecular complexity index is 2100. The van der Waals surface area contributed by atoms with Crippen molar-refractivity contribution in [2.45, 2.75) is 25.7 Å². The second kappa shape index (κ2) is 11.4. The summed E-state index contributed by atoms with van der Waals surface area (Å²) in [6.07, 6.45) is 2.37.